The highest BCUT2D eigenvalue weighted by molar-refractivity contribution is 5.84. The van der Waals surface area contributed by atoms with Gasteiger partial charge in [-0.1, -0.05) is 84.9 Å². The Morgan fingerprint density at radius 1 is 0.676 bits per heavy atom. The van der Waals surface area contributed by atoms with Gasteiger partial charge in [0.1, 0.15) is 11.5 Å². The van der Waals surface area contributed by atoms with Gasteiger partial charge in [0.2, 0.25) is 0 Å². The van der Waals surface area contributed by atoms with E-state index >= 15 is 0 Å². The molecule has 37 heavy (non-hydrogen) atoms. The molecule has 0 atom stereocenters. The molecule has 0 unspecified atom stereocenters. The maximum absolute atomic E-state index is 5.97. The molecule has 0 aliphatic carbocycles. The van der Waals surface area contributed by atoms with Crippen LogP contribution >= 0.6 is 0 Å². The summed E-state index contributed by atoms with van der Waals surface area (Å²) in [6, 6.07) is 37.1. The van der Waals surface area contributed by atoms with Gasteiger partial charge in [-0.05, 0) is 58.0 Å². The number of ether oxygens (including phenoxy) is 1. The Kier molecular flexibility index (Phi) is 8.35. The summed E-state index contributed by atoms with van der Waals surface area (Å²) in [5, 5.41) is 9.54. The van der Waals surface area contributed by atoms with Crippen molar-refractivity contribution in [2.24, 2.45) is 0 Å². The van der Waals surface area contributed by atoms with Crippen LogP contribution < -0.4 is 15.4 Å². The first-order chi connectivity index (χ1) is 18.4. The largest absolute Gasteiger partial charge is 0.457 e. The Labute approximate surface area is 218 Å². The number of hydrogen-bond donors (Lipinski definition) is 2. The van der Waals surface area contributed by atoms with Crippen molar-refractivity contribution in [1.29, 1.82) is 0 Å². The van der Waals surface area contributed by atoms with Crippen molar-refractivity contribution in [3.05, 3.63) is 144 Å². The van der Waals surface area contributed by atoms with Crippen molar-refractivity contribution in [3.63, 3.8) is 0 Å². The quantitative estimate of drug-likeness (QED) is 0.201. The minimum Gasteiger partial charge on any atom is -0.457 e. The summed E-state index contributed by atoms with van der Waals surface area (Å²) in [6.07, 6.45) is 6.04. The van der Waals surface area contributed by atoms with Crippen LogP contribution in [0.2, 0.25) is 0 Å². The number of benzene rings is 4. The van der Waals surface area contributed by atoms with E-state index in [1.54, 1.807) is 0 Å². The summed E-state index contributed by atoms with van der Waals surface area (Å²) in [5.41, 5.74) is 4.86. The van der Waals surface area contributed by atoms with Crippen LogP contribution in [0.1, 0.15) is 16.7 Å². The topological polar surface area (TPSA) is 46.2 Å². The molecule has 5 aromatic rings. The normalized spacial score (nSPS) is 11.5. The van der Waals surface area contributed by atoms with Crippen LogP contribution in [0, 0.1) is 0 Å². The third kappa shape index (κ3) is 6.70. The molecule has 0 saturated carbocycles. The first kappa shape index (κ1) is 24.4. The zero-order chi connectivity index (χ0) is 25.1. The van der Waals surface area contributed by atoms with Crippen molar-refractivity contribution in [1.82, 2.24) is 15.6 Å². The smallest absolute Gasteiger partial charge is 0.127 e. The second-order valence-corrected chi connectivity index (χ2v) is 8.82. The lowest BCUT2D eigenvalue weighted by Crippen LogP contribution is -2.27. The van der Waals surface area contributed by atoms with Gasteiger partial charge in [0.25, 0.3) is 0 Å². The van der Waals surface area contributed by atoms with E-state index in [-0.39, 0.29) is 0 Å². The van der Waals surface area contributed by atoms with Gasteiger partial charge in [0.05, 0.1) is 0 Å². The molecule has 0 radical (unpaired) electrons. The van der Waals surface area contributed by atoms with Crippen LogP contribution in [0.25, 0.3) is 16.3 Å². The van der Waals surface area contributed by atoms with Gasteiger partial charge in [0, 0.05) is 44.0 Å². The van der Waals surface area contributed by atoms with E-state index in [1.807, 2.05) is 60.9 Å². The number of aromatic nitrogens is 1. The monoisotopic (exact) mass is 485 g/mol. The third-order valence-electron chi connectivity index (χ3n) is 6.24. The molecule has 0 fully saturated rings. The lowest BCUT2D eigenvalue weighted by molar-refractivity contribution is 0.482. The zero-order valence-electron chi connectivity index (χ0n) is 20.8. The molecule has 1 heterocycles. The summed E-state index contributed by atoms with van der Waals surface area (Å²) in [4.78, 5) is 4.22. The molecule has 1 aromatic heterocycles. The molecule has 2 N–H and O–H groups in total. The van der Waals surface area contributed by atoms with E-state index in [0.717, 1.165) is 43.2 Å². The molecule has 0 amide bonds. The number of hydrogen-bond acceptors (Lipinski definition) is 4. The first-order valence-electron chi connectivity index (χ1n) is 12.7. The van der Waals surface area contributed by atoms with Crippen LogP contribution in [-0.2, 0) is 6.54 Å². The predicted molar refractivity (Wildman–Crippen MR) is 153 cm³/mol. The van der Waals surface area contributed by atoms with Crippen molar-refractivity contribution < 1.29 is 4.74 Å². The maximum Gasteiger partial charge on any atom is 0.127 e. The van der Waals surface area contributed by atoms with E-state index in [4.69, 9.17) is 4.74 Å². The van der Waals surface area contributed by atoms with Crippen molar-refractivity contribution in [2.45, 2.75) is 6.54 Å². The summed E-state index contributed by atoms with van der Waals surface area (Å²) in [7, 11) is 0. The second-order valence-electron chi connectivity index (χ2n) is 8.82. The molecule has 0 bridgehead atoms. The van der Waals surface area contributed by atoms with E-state index < -0.39 is 0 Å². The zero-order valence-corrected chi connectivity index (χ0v) is 20.8. The van der Waals surface area contributed by atoms with Gasteiger partial charge in [-0.25, -0.2) is 0 Å². The molecule has 4 heteroatoms. The van der Waals surface area contributed by atoms with Gasteiger partial charge in [-0.2, -0.15) is 0 Å². The lowest BCUT2D eigenvalue weighted by atomic mass is 9.97. The van der Waals surface area contributed by atoms with Crippen LogP contribution in [0.3, 0.4) is 0 Å². The highest BCUT2D eigenvalue weighted by Crippen LogP contribution is 2.27. The Morgan fingerprint density at radius 2 is 1.38 bits per heavy atom. The first-order valence-corrected chi connectivity index (χ1v) is 12.7. The Hall–Kier alpha value is -4.25. The van der Waals surface area contributed by atoms with Crippen molar-refractivity contribution in [3.8, 4) is 11.5 Å². The Balaban J connectivity index is 1.17. The summed E-state index contributed by atoms with van der Waals surface area (Å²) < 4.78 is 5.97. The number of pyridine rings is 1. The fraction of sp³-hybridized carbons (Fsp3) is 0.121. The SMILES string of the molecule is C(/CNCCNCc1cccc2cnccc12)=C(\c1ccccc1)c1ccc(Oc2ccccc2)cc1. The number of rotatable bonds is 11. The van der Waals surface area contributed by atoms with Crippen LogP contribution in [0.15, 0.2) is 128 Å². The minimum absolute atomic E-state index is 0.786. The Morgan fingerprint density at radius 3 is 2.19 bits per heavy atom. The van der Waals surface area contributed by atoms with E-state index in [9.17, 15) is 0 Å². The van der Waals surface area contributed by atoms with Gasteiger partial charge in [0.15, 0.2) is 0 Å². The fourth-order valence-corrected chi connectivity index (χ4v) is 4.37. The van der Waals surface area contributed by atoms with Crippen LogP contribution in [0.4, 0.5) is 0 Å². The van der Waals surface area contributed by atoms with E-state index in [2.05, 4.69) is 82.4 Å². The molecule has 184 valence electrons. The fourth-order valence-electron chi connectivity index (χ4n) is 4.37. The van der Waals surface area contributed by atoms with Crippen LogP contribution in [0.5, 0.6) is 11.5 Å². The average Bonchev–Trinajstić information content (AvgIpc) is 2.96. The molecular weight excluding hydrogens is 454 g/mol. The standard InChI is InChI=1S/C33H31N3O/c1-3-8-26(9-4-1)32(27-14-16-31(17-15-27)37-30-12-5-2-6-13-30)18-20-34-22-23-36-25-29-11-7-10-28-24-35-21-19-33(28)29/h1-19,21,24,34,36H,20,22-23,25H2/b32-18-. The van der Waals surface area contributed by atoms with E-state index in [1.165, 1.54) is 27.5 Å². The minimum atomic E-state index is 0.786. The van der Waals surface area contributed by atoms with Gasteiger partial charge >= 0.3 is 0 Å². The summed E-state index contributed by atoms with van der Waals surface area (Å²) in [5.74, 6) is 1.67. The number of nitrogens with one attached hydrogen (secondary N) is 2. The molecule has 4 aromatic carbocycles. The second kappa shape index (κ2) is 12.6. The predicted octanol–water partition coefficient (Wildman–Crippen LogP) is 6.84. The molecule has 0 saturated heterocycles. The summed E-state index contributed by atoms with van der Waals surface area (Å²) >= 11 is 0. The van der Waals surface area contributed by atoms with Crippen LogP contribution in [-0.4, -0.2) is 24.6 Å². The van der Waals surface area contributed by atoms with Crippen molar-refractivity contribution in [2.75, 3.05) is 19.6 Å². The van der Waals surface area contributed by atoms with Gasteiger partial charge in [-0.15, -0.1) is 0 Å². The average molecular weight is 486 g/mol. The number of para-hydroxylation sites is 1. The molecular formula is C33H31N3O. The molecule has 0 aliphatic heterocycles. The van der Waals surface area contributed by atoms with Gasteiger partial charge < -0.3 is 15.4 Å². The maximum atomic E-state index is 5.97. The van der Waals surface area contributed by atoms with Crippen molar-refractivity contribution >= 4 is 16.3 Å². The molecule has 4 nitrogen and oxygen atoms in total. The highest BCUT2D eigenvalue weighted by atomic mass is 16.5. The highest BCUT2D eigenvalue weighted by Gasteiger charge is 2.06. The number of nitrogens with zero attached hydrogens (tertiary/aromatic N) is 1. The third-order valence-corrected chi connectivity index (χ3v) is 6.24. The molecule has 0 spiro atoms. The van der Waals surface area contributed by atoms with E-state index in [0.29, 0.717) is 0 Å². The molecule has 5 rings (SSSR count). The molecule has 0 aliphatic rings. The Bertz CT molecular complexity index is 1430. The van der Waals surface area contributed by atoms with Gasteiger partial charge in [-0.3, -0.25) is 4.98 Å². The lowest BCUT2D eigenvalue weighted by Gasteiger charge is -2.12. The summed E-state index contributed by atoms with van der Waals surface area (Å²) in [6.45, 7) is 3.40. The number of fused-ring (bicyclic) bond motifs is 1.